The van der Waals surface area contributed by atoms with Gasteiger partial charge in [0.05, 0.1) is 18.3 Å². The van der Waals surface area contributed by atoms with Gasteiger partial charge in [-0.1, -0.05) is 12.1 Å². The van der Waals surface area contributed by atoms with Gasteiger partial charge in [-0.05, 0) is 43.9 Å². The average Bonchev–Trinajstić information content (AvgIpc) is 2.27. The highest BCUT2D eigenvalue weighted by atomic mass is 16.5. The third kappa shape index (κ3) is 2.61. The number of ether oxygens (including phenoxy) is 1. The normalized spacial score (nSPS) is 33.4. The van der Waals surface area contributed by atoms with E-state index in [4.69, 9.17) is 4.74 Å². The van der Waals surface area contributed by atoms with Gasteiger partial charge in [0.15, 0.2) is 0 Å². The van der Waals surface area contributed by atoms with Crippen molar-refractivity contribution in [3.8, 4) is 5.75 Å². The number of hydrogen-bond donors (Lipinski definition) is 2. The van der Waals surface area contributed by atoms with Gasteiger partial charge in [0, 0.05) is 6.42 Å². The summed E-state index contributed by atoms with van der Waals surface area (Å²) in [4.78, 5) is 0. The number of benzene rings is 1. The van der Waals surface area contributed by atoms with Crippen molar-refractivity contribution < 1.29 is 14.9 Å². The highest BCUT2D eigenvalue weighted by Gasteiger charge is 2.40. The van der Waals surface area contributed by atoms with Gasteiger partial charge < -0.3 is 14.9 Å². The second kappa shape index (κ2) is 4.31. The molecule has 0 heterocycles. The molecule has 0 radical (unpaired) electrons. The summed E-state index contributed by atoms with van der Waals surface area (Å²) in [6.07, 6.45) is 2.70. The zero-order chi connectivity index (χ0) is 12.5. The van der Waals surface area contributed by atoms with Crippen LogP contribution in [0.2, 0.25) is 0 Å². The maximum atomic E-state index is 10.6. The van der Waals surface area contributed by atoms with Gasteiger partial charge in [-0.25, -0.2) is 0 Å². The molecule has 1 aromatic carbocycles. The van der Waals surface area contributed by atoms with Gasteiger partial charge in [-0.2, -0.15) is 0 Å². The molecule has 0 aromatic heterocycles. The molecule has 2 N–H and O–H groups in total. The lowest BCUT2D eigenvalue weighted by atomic mass is 9.73. The first-order chi connectivity index (χ1) is 7.95. The largest absolute Gasteiger partial charge is 0.497 e. The SMILES string of the molecule is COc1ccc([C@@]2(O)CCC[C@](C)(O)C2)cc1. The van der Waals surface area contributed by atoms with Gasteiger partial charge in [0.2, 0.25) is 0 Å². The second-order valence-corrected chi connectivity index (χ2v) is 5.29. The Morgan fingerprint density at radius 2 is 1.76 bits per heavy atom. The minimum Gasteiger partial charge on any atom is -0.497 e. The van der Waals surface area contributed by atoms with Gasteiger partial charge in [0.1, 0.15) is 5.75 Å². The fraction of sp³-hybridized carbons (Fsp3) is 0.571. The van der Waals surface area contributed by atoms with Crippen molar-refractivity contribution in [3.63, 3.8) is 0 Å². The van der Waals surface area contributed by atoms with Crippen molar-refractivity contribution in [1.82, 2.24) is 0 Å². The van der Waals surface area contributed by atoms with Crippen molar-refractivity contribution >= 4 is 0 Å². The molecule has 2 rings (SSSR count). The monoisotopic (exact) mass is 236 g/mol. The van der Waals surface area contributed by atoms with E-state index in [1.165, 1.54) is 0 Å². The van der Waals surface area contributed by atoms with Crippen LogP contribution in [0.3, 0.4) is 0 Å². The van der Waals surface area contributed by atoms with Crippen LogP contribution in [0.1, 0.15) is 38.2 Å². The molecule has 1 aliphatic rings. The molecule has 3 heteroatoms. The Hall–Kier alpha value is -1.06. The fourth-order valence-corrected chi connectivity index (χ4v) is 2.72. The fourth-order valence-electron chi connectivity index (χ4n) is 2.72. The first-order valence-corrected chi connectivity index (χ1v) is 6.05. The van der Waals surface area contributed by atoms with Gasteiger partial charge in [-0.3, -0.25) is 0 Å². The quantitative estimate of drug-likeness (QED) is 0.827. The first kappa shape index (κ1) is 12.4. The van der Waals surface area contributed by atoms with Gasteiger partial charge in [-0.15, -0.1) is 0 Å². The summed E-state index contributed by atoms with van der Waals surface area (Å²) in [5, 5.41) is 20.7. The number of rotatable bonds is 2. The summed E-state index contributed by atoms with van der Waals surface area (Å²) in [7, 11) is 1.62. The summed E-state index contributed by atoms with van der Waals surface area (Å²) < 4.78 is 5.10. The molecule has 1 aromatic rings. The molecule has 94 valence electrons. The van der Waals surface area contributed by atoms with Crippen LogP contribution in [0.4, 0.5) is 0 Å². The Labute approximate surface area is 102 Å². The highest BCUT2D eigenvalue weighted by Crippen LogP contribution is 2.41. The molecular formula is C14H20O3. The van der Waals surface area contributed by atoms with Crippen molar-refractivity contribution in [2.24, 2.45) is 0 Å². The molecule has 0 aliphatic heterocycles. The summed E-state index contributed by atoms with van der Waals surface area (Å²) in [6.45, 7) is 1.79. The highest BCUT2D eigenvalue weighted by molar-refractivity contribution is 5.31. The van der Waals surface area contributed by atoms with E-state index in [0.29, 0.717) is 12.8 Å². The summed E-state index contributed by atoms with van der Waals surface area (Å²) in [5.41, 5.74) is -0.820. The van der Waals surface area contributed by atoms with Crippen LogP contribution in [-0.2, 0) is 5.60 Å². The van der Waals surface area contributed by atoms with E-state index in [1.54, 1.807) is 14.0 Å². The predicted octanol–water partition coefficient (Wildman–Crippen LogP) is 2.21. The van der Waals surface area contributed by atoms with Crippen molar-refractivity contribution in [3.05, 3.63) is 29.8 Å². The van der Waals surface area contributed by atoms with E-state index in [-0.39, 0.29) is 0 Å². The molecule has 17 heavy (non-hydrogen) atoms. The topological polar surface area (TPSA) is 49.7 Å². The Morgan fingerprint density at radius 3 is 2.29 bits per heavy atom. The Kier molecular flexibility index (Phi) is 3.15. The lowest BCUT2D eigenvalue weighted by Crippen LogP contribution is -2.41. The van der Waals surface area contributed by atoms with Crippen molar-refractivity contribution in [2.75, 3.05) is 7.11 Å². The predicted molar refractivity (Wildman–Crippen MR) is 66.0 cm³/mol. The smallest absolute Gasteiger partial charge is 0.118 e. The maximum Gasteiger partial charge on any atom is 0.118 e. The summed E-state index contributed by atoms with van der Waals surface area (Å²) >= 11 is 0. The van der Waals surface area contributed by atoms with E-state index in [2.05, 4.69) is 0 Å². The standard InChI is InChI=1S/C14H20O3/c1-13(15)8-3-9-14(16,10-13)11-4-6-12(17-2)7-5-11/h4-7,15-16H,3,8-10H2,1-2H3/t13-,14+/m0/s1. The van der Waals surface area contributed by atoms with E-state index < -0.39 is 11.2 Å². The summed E-state index contributed by atoms with van der Waals surface area (Å²) in [6, 6.07) is 7.44. The maximum absolute atomic E-state index is 10.6. The van der Waals surface area contributed by atoms with E-state index in [1.807, 2.05) is 24.3 Å². The lowest BCUT2D eigenvalue weighted by molar-refractivity contribution is -0.0958. The van der Waals surface area contributed by atoms with Crippen LogP contribution in [0.5, 0.6) is 5.75 Å². The average molecular weight is 236 g/mol. The molecule has 1 aliphatic carbocycles. The number of methoxy groups -OCH3 is 1. The van der Waals surface area contributed by atoms with E-state index in [9.17, 15) is 10.2 Å². The van der Waals surface area contributed by atoms with Crippen molar-refractivity contribution in [2.45, 2.75) is 43.8 Å². The zero-order valence-corrected chi connectivity index (χ0v) is 10.4. The second-order valence-electron chi connectivity index (χ2n) is 5.29. The molecular weight excluding hydrogens is 216 g/mol. The summed E-state index contributed by atoms with van der Waals surface area (Å²) in [5.74, 6) is 0.778. The van der Waals surface area contributed by atoms with E-state index >= 15 is 0 Å². The van der Waals surface area contributed by atoms with Crippen LogP contribution in [-0.4, -0.2) is 22.9 Å². The van der Waals surface area contributed by atoms with Crippen LogP contribution in [0.15, 0.2) is 24.3 Å². The van der Waals surface area contributed by atoms with Gasteiger partial charge in [0.25, 0.3) is 0 Å². The lowest BCUT2D eigenvalue weighted by Gasteiger charge is -2.40. The van der Waals surface area contributed by atoms with Crippen molar-refractivity contribution in [1.29, 1.82) is 0 Å². The number of hydrogen-bond acceptors (Lipinski definition) is 3. The Balaban J connectivity index is 2.24. The molecule has 0 bridgehead atoms. The molecule has 0 amide bonds. The van der Waals surface area contributed by atoms with Crippen LogP contribution in [0, 0.1) is 0 Å². The molecule has 1 fully saturated rings. The van der Waals surface area contributed by atoms with Crippen LogP contribution < -0.4 is 4.74 Å². The number of aliphatic hydroxyl groups is 2. The van der Waals surface area contributed by atoms with Gasteiger partial charge >= 0.3 is 0 Å². The molecule has 1 saturated carbocycles. The molecule has 0 spiro atoms. The molecule has 2 atom stereocenters. The minimum absolute atomic E-state index is 0.395. The minimum atomic E-state index is -0.909. The third-order valence-corrected chi connectivity index (χ3v) is 3.61. The zero-order valence-electron chi connectivity index (χ0n) is 10.4. The Bertz CT molecular complexity index is 383. The first-order valence-electron chi connectivity index (χ1n) is 6.05. The third-order valence-electron chi connectivity index (χ3n) is 3.61. The van der Waals surface area contributed by atoms with Crippen LogP contribution >= 0.6 is 0 Å². The Morgan fingerprint density at radius 1 is 1.12 bits per heavy atom. The molecule has 0 unspecified atom stereocenters. The van der Waals surface area contributed by atoms with E-state index in [0.717, 1.165) is 24.2 Å². The van der Waals surface area contributed by atoms with Crippen LogP contribution in [0.25, 0.3) is 0 Å². The molecule has 3 nitrogen and oxygen atoms in total. The molecule has 0 saturated heterocycles.